The predicted octanol–water partition coefficient (Wildman–Crippen LogP) is 4.88. The molecule has 0 atom stereocenters. The average Bonchev–Trinajstić information content (AvgIpc) is 2.52. The van der Waals surface area contributed by atoms with Crippen molar-refractivity contribution in [3.63, 3.8) is 0 Å². The molecule has 0 aliphatic heterocycles. The van der Waals surface area contributed by atoms with Crippen LogP contribution in [0.15, 0.2) is 46.9 Å². The highest BCUT2D eigenvalue weighted by Gasteiger charge is 2.06. The fraction of sp³-hybridized carbons (Fsp3) is 0.235. The van der Waals surface area contributed by atoms with E-state index in [1.165, 1.54) is 5.56 Å². The van der Waals surface area contributed by atoms with Crippen LogP contribution in [0.25, 0.3) is 0 Å². The minimum absolute atomic E-state index is 0.0266. The fourth-order valence-corrected chi connectivity index (χ4v) is 2.88. The van der Waals surface area contributed by atoms with Gasteiger partial charge in [-0.1, -0.05) is 35.3 Å². The van der Waals surface area contributed by atoms with Gasteiger partial charge in [0.2, 0.25) is 0 Å². The number of aryl methyl sites for hydroxylation is 1. The SMILES string of the molecule is O=C(COc1ccc(Cl)cc1Br)NCCCc1ccc(Cl)cc1. The lowest BCUT2D eigenvalue weighted by atomic mass is 10.1. The minimum Gasteiger partial charge on any atom is -0.483 e. The molecular weight excluding hydrogens is 401 g/mol. The van der Waals surface area contributed by atoms with Crippen LogP contribution in [0.1, 0.15) is 12.0 Å². The highest BCUT2D eigenvalue weighted by atomic mass is 79.9. The topological polar surface area (TPSA) is 38.3 Å². The first-order valence-electron chi connectivity index (χ1n) is 7.13. The van der Waals surface area contributed by atoms with E-state index in [9.17, 15) is 4.79 Å². The zero-order chi connectivity index (χ0) is 16.7. The Morgan fingerprint density at radius 2 is 1.78 bits per heavy atom. The summed E-state index contributed by atoms with van der Waals surface area (Å²) in [5.41, 5.74) is 1.20. The van der Waals surface area contributed by atoms with E-state index in [0.717, 1.165) is 22.3 Å². The summed E-state index contributed by atoms with van der Waals surface area (Å²) in [7, 11) is 0. The van der Waals surface area contributed by atoms with Gasteiger partial charge in [0.15, 0.2) is 6.61 Å². The van der Waals surface area contributed by atoms with E-state index in [2.05, 4.69) is 21.2 Å². The first-order valence-corrected chi connectivity index (χ1v) is 8.68. The molecule has 0 radical (unpaired) electrons. The molecule has 0 heterocycles. The molecule has 122 valence electrons. The maximum absolute atomic E-state index is 11.8. The number of carbonyl (C=O) groups is 1. The minimum atomic E-state index is -0.150. The number of rotatable bonds is 7. The Morgan fingerprint density at radius 3 is 2.48 bits per heavy atom. The number of carbonyl (C=O) groups excluding carboxylic acids is 1. The maximum atomic E-state index is 11.8. The van der Waals surface area contributed by atoms with Crippen molar-refractivity contribution in [1.29, 1.82) is 0 Å². The summed E-state index contributed by atoms with van der Waals surface area (Å²) >= 11 is 15.0. The second-order valence-corrected chi connectivity index (χ2v) is 6.67. The Morgan fingerprint density at radius 1 is 1.09 bits per heavy atom. The van der Waals surface area contributed by atoms with Crippen molar-refractivity contribution in [1.82, 2.24) is 5.32 Å². The van der Waals surface area contributed by atoms with Gasteiger partial charge in [0.05, 0.1) is 4.47 Å². The van der Waals surface area contributed by atoms with Gasteiger partial charge in [0.25, 0.3) is 5.91 Å². The predicted molar refractivity (Wildman–Crippen MR) is 97.4 cm³/mol. The van der Waals surface area contributed by atoms with Gasteiger partial charge < -0.3 is 10.1 Å². The lowest BCUT2D eigenvalue weighted by Crippen LogP contribution is -2.29. The molecule has 6 heteroatoms. The summed E-state index contributed by atoms with van der Waals surface area (Å²) in [4.78, 5) is 11.8. The zero-order valence-electron chi connectivity index (χ0n) is 12.3. The second-order valence-electron chi connectivity index (χ2n) is 4.94. The summed E-state index contributed by atoms with van der Waals surface area (Å²) in [5.74, 6) is 0.439. The molecule has 0 aliphatic carbocycles. The lowest BCUT2D eigenvalue weighted by Gasteiger charge is -2.09. The molecule has 0 spiro atoms. The van der Waals surface area contributed by atoms with E-state index < -0.39 is 0 Å². The van der Waals surface area contributed by atoms with Gasteiger partial charge in [-0.2, -0.15) is 0 Å². The van der Waals surface area contributed by atoms with Crippen LogP contribution < -0.4 is 10.1 Å². The third-order valence-corrected chi connectivity index (χ3v) is 4.24. The van der Waals surface area contributed by atoms with Crippen molar-refractivity contribution in [2.24, 2.45) is 0 Å². The van der Waals surface area contributed by atoms with Gasteiger partial charge in [0.1, 0.15) is 5.75 Å². The molecule has 0 unspecified atom stereocenters. The Labute approximate surface area is 154 Å². The molecule has 0 aliphatic rings. The molecule has 0 fully saturated rings. The Hall–Kier alpha value is -1.23. The summed E-state index contributed by atoms with van der Waals surface area (Å²) < 4.78 is 6.17. The monoisotopic (exact) mass is 415 g/mol. The van der Waals surface area contributed by atoms with Gasteiger partial charge in [-0.05, 0) is 64.7 Å². The first-order chi connectivity index (χ1) is 11.0. The summed E-state index contributed by atoms with van der Waals surface area (Å²) in [6.07, 6.45) is 1.75. The molecule has 1 amide bonds. The Bertz CT molecular complexity index is 662. The van der Waals surface area contributed by atoms with E-state index in [1.807, 2.05) is 24.3 Å². The lowest BCUT2D eigenvalue weighted by molar-refractivity contribution is -0.123. The molecule has 2 aromatic carbocycles. The van der Waals surface area contributed by atoms with Crippen LogP contribution in [0.2, 0.25) is 10.0 Å². The third kappa shape index (κ3) is 6.42. The first kappa shape index (κ1) is 18.1. The summed E-state index contributed by atoms with van der Waals surface area (Å²) in [5, 5.41) is 4.17. The quantitative estimate of drug-likeness (QED) is 0.653. The van der Waals surface area contributed by atoms with Gasteiger partial charge in [-0.15, -0.1) is 0 Å². The number of benzene rings is 2. The van der Waals surface area contributed by atoms with Crippen LogP contribution in [-0.4, -0.2) is 19.1 Å². The summed E-state index contributed by atoms with van der Waals surface area (Å²) in [6, 6.07) is 12.9. The third-order valence-electron chi connectivity index (χ3n) is 3.13. The second kappa shape index (κ2) is 9.16. The van der Waals surface area contributed by atoms with Crippen LogP contribution in [0, 0.1) is 0 Å². The highest BCUT2D eigenvalue weighted by molar-refractivity contribution is 9.10. The van der Waals surface area contributed by atoms with E-state index in [1.54, 1.807) is 18.2 Å². The molecule has 3 nitrogen and oxygen atoms in total. The van der Waals surface area contributed by atoms with Gasteiger partial charge >= 0.3 is 0 Å². The van der Waals surface area contributed by atoms with E-state index in [-0.39, 0.29) is 12.5 Å². The number of nitrogens with one attached hydrogen (secondary N) is 1. The summed E-state index contributed by atoms with van der Waals surface area (Å²) in [6.45, 7) is 0.577. The van der Waals surface area contributed by atoms with Crippen LogP contribution >= 0.6 is 39.1 Å². The smallest absolute Gasteiger partial charge is 0.257 e. The van der Waals surface area contributed by atoms with Crippen LogP contribution in [-0.2, 0) is 11.2 Å². The van der Waals surface area contributed by atoms with Crippen molar-refractivity contribution < 1.29 is 9.53 Å². The van der Waals surface area contributed by atoms with Crippen molar-refractivity contribution >= 4 is 45.0 Å². The molecule has 2 aromatic rings. The largest absolute Gasteiger partial charge is 0.483 e. The number of halogens is 3. The highest BCUT2D eigenvalue weighted by Crippen LogP contribution is 2.27. The van der Waals surface area contributed by atoms with Crippen LogP contribution in [0.4, 0.5) is 0 Å². The molecule has 23 heavy (non-hydrogen) atoms. The number of ether oxygens (including phenoxy) is 1. The Balaban J connectivity index is 1.66. The van der Waals surface area contributed by atoms with E-state index in [4.69, 9.17) is 27.9 Å². The molecule has 0 bridgehead atoms. The van der Waals surface area contributed by atoms with E-state index in [0.29, 0.717) is 17.3 Å². The molecule has 0 saturated carbocycles. The molecular formula is C17H16BrCl2NO2. The molecule has 1 N–H and O–H groups in total. The average molecular weight is 417 g/mol. The van der Waals surface area contributed by atoms with Crippen molar-refractivity contribution in [3.8, 4) is 5.75 Å². The molecule has 0 aromatic heterocycles. The van der Waals surface area contributed by atoms with Gasteiger partial charge in [-0.25, -0.2) is 0 Å². The normalized spacial score (nSPS) is 10.4. The maximum Gasteiger partial charge on any atom is 0.257 e. The fourth-order valence-electron chi connectivity index (χ4n) is 1.96. The number of hydrogen-bond donors (Lipinski definition) is 1. The van der Waals surface area contributed by atoms with Crippen molar-refractivity contribution in [2.75, 3.05) is 13.2 Å². The van der Waals surface area contributed by atoms with Crippen molar-refractivity contribution in [2.45, 2.75) is 12.8 Å². The van der Waals surface area contributed by atoms with Crippen LogP contribution in [0.5, 0.6) is 5.75 Å². The zero-order valence-corrected chi connectivity index (χ0v) is 15.4. The number of hydrogen-bond acceptors (Lipinski definition) is 2. The van der Waals surface area contributed by atoms with Gasteiger partial charge in [-0.3, -0.25) is 4.79 Å². The van der Waals surface area contributed by atoms with E-state index >= 15 is 0 Å². The molecule has 0 saturated heterocycles. The Kier molecular flexibility index (Phi) is 7.21. The number of amides is 1. The van der Waals surface area contributed by atoms with Crippen LogP contribution in [0.3, 0.4) is 0 Å². The molecule has 2 rings (SSSR count). The van der Waals surface area contributed by atoms with Gasteiger partial charge in [0, 0.05) is 16.6 Å². The standard InChI is InChI=1S/C17H16BrCl2NO2/c18-15-10-14(20)7-8-16(15)23-11-17(22)21-9-1-2-12-3-5-13(19)6-4-12/h3-8,10H,1-2,9,11H2,(H,21,22). The van der Waals surface area contributed by atoms with Crippen molar-refractivity contribution in [3.05, 3.63) is 62.5 Å².